The Bertz CT molecular complexity index is 950. The molecule has 25 heavy (non-hydrogen) atoms. The lowest BCUT2D eigenvalue weighted by atomic mass is 10.1. The number of aromatic nitrogens is 5. The molecule has 1 aromatic carbocycles. The molecule has 128 valence electrons. The number of nitrogens with one attached hydrogen (secondary N) is 2. The maximum absolute atomic E-state index is 12.1. The summed E-state index contributed by atoms with van der Waals surface area (Å²) in [6.07, 6.45) is 1.46. The largest absolute Gasteiger partial charge is 0.362 e. The van der Waals surface area contributed by atoms with Gasteiger partial charge in [-0.3, -0.25) is 10.1 Å². The molecule has 0 unspecified atom stereocenters. The van der Waals surface area contributed by atoms with E-state index in [2.05, 4.69) is 25.6 Å². The number of benzene rings is 1. The zero-order chi connectivity index (χ0) is 18.0. The monoisotopic (exact) mass is 361 g/mol. The number of aryl methyl sites for hydroxylation is 1. The molecule has 3 rings (SSSR count). The summed E-state index contributed by atoms with van der Waals surface area (Å²) >= 11 is 5.77. The van der Waals surface area contributed by atoms with Crippen LogP contribution in [0.4, 0.5) is 11.8 Å². The van der Waals surface area contributed by atoms with Crippen LogP contribution in [0.1, 0.15) is 21.6 Å². The van der Waals surface area contributed by atoms with Crippen LogP contribution < -0.4 is 5.32 Å². The molecule has 0 fully saturated rings. The van der Waals surface area contributed by atoms with Gasteiger partial charge in [0.15, 0.2) is 10.7 Å². The summed E-state index contributed by atoms with van der Waals surface area (Å²) in [6, 6.07) is 7.90. The number of rotatable bonds is 5. The Hall–Kier alpha value is -3.27. The smallest absolute Gasteiger partial charge is 0.358 e. The van der Waals surface area contributed by atoms with Crippen molar-refractivity contribution in [2.75, 3.05) is 5.32 Å². The summed E-state index contributed by atoms with van der Waals surface area (Å²) in [4.78, 5) is 26.0. The minimum Gasteiger partial charge on any atom is -0.358 e. The van der Waals surface area contributed by atoms with E-state index in [1.807, 2.05) is 31.2 Å². The zero-order valence-corrected chi connectivity index (χ0v) is 13.7. The molecular formula is C14H12ClN7O3. The van der Waals surface area contributed by atoms with Crippen molar-refractivity contribution < 1.29 is 9.72 Å². The third-order valence-electron chi connectivity index (χ3n) is 3.28. The zero-order valence-electron chi connectivity index (χ0n) is 12.9. The van der Waals surface area contributed by atoms with Crippen LogP contribution in [0, 0.1) is 17.0 Å². The summed E-state index contributed by atoms with van der Waals surface area (Å²) in [6.45, 7) is 2.47. The van der Waals surface area contributed by atoms with Crippen LogP contribution in [0.25, 0.3) is 0 Å². The average molecular weight is 362 g/mol. The highest BCUT2D eigenvalue weighted by Gasteiger charge is 2.25. The third-order valence-corrected chi connectivity index (χ3v) is 3.63. The van der Waals surface area contributed by atoms with Crippen molar-refractivity contribution >= 4 is 29.3 Å². The SMILES string of the molecule is Cc1cccc(Cn2cnc(NC(=O)c3n[nH]c([N+](=O)[O-])c3Cl)n2)c1. The van der Waals surface area contributed by atoms with Gasteiger partial charge in [-0.1, -0.05) is 46.5 Å². The van der Waals surface area contributed by atoms with Crippen LogP contribution in [-0.4, -0.2) is 35.8 Å². The summed E-state index contributed by atoms with van der Waals surface area (Å²) < 4.78 is 1.55. The van der Waals surface area contributed by atoms with E-state index in [-0.39, 0.29) is 16.7 Å². The maximum atomic E-state index is 12.1. The highest BCUT2D eigenvalue weighted by molar-refractivity contribution is 6.35. The first-order valence-corrected chi connectivity index (χ1v) is 7.46. The molecule has 3 aromatic rings. The van der Waals surface area contributed by atoms with Crippen molar-refractivity contribution in [2.45, 2.75) is 13.5 Å². The van der Waals surface area contributed by atoms with Gasteiger partial charge in [0.25, 0.3) is 5.91 Å². The van der Waals surface area contributed by atoms with Crippen LogP contribution in [0.3, 0.4) is 0 Å². The quantitative estimate of drug-likeness (QED) is 0.528. The second-order valence-electron chi connectivity index (χ2n) is 5.20. The standard InChI is InChI=1S/C14H12ClN7O3/c1-8-3-2-4-9(5-8)6-21-7-16-14(20-21)17-13(23)11-10(15)12(19-18-11)22(24)25/h2-5,7H,6H2,1H3,(H,18,19)(H,17,20,23). The molecule has 0 aliphatic heterocycles. The third kappa shape index (κ3) is 3.63. The Morgan fingerprint density at radius 3 is 2.96 bits per heavy atom. The van der Waals surface area contributed by atoms with Crippen molar-refractivity contribution in [3.63, 3.8) is 0 Å². The summed E-state index contributed by atoms with van der Waals surface area (Å²) in [7, 11) is 0. The second kappa shape index (κ2) is 6.69. The van der Waals surface area contributed by atoms with E-state index in [4.69, 9.17) is 11.6 Å². The second-order valence-corrected chi connectivity index (χ2v) is 5.58. The summed E-state index contributed by atoms with van der Waals surface area (Å²) in [5.41, 5.74) is 1.86. The number of nitro groups is 1. The van der Waals surface area contributed by atoms with Gasteiger partial charge in [-0.2, -0.15) is 0 Å². The van der Waals surface area contributed by atoms with Crippen LogP contribution in [0.2, 0.25) is 5.02 Å². The number of carbonyl (C=O) groups is 1. The number of hydrogen-bond donors (Lipinski definition) is 2. The molecule has 0 aliphatic rings. The van der Waals surface area contributed by atoms with Crippen LogP contribution >= 0.6 is 11.6 Å². The van der Waals surface area contributed by atoms with Gasteiger partial charge < -0.3 is 10.1 Å². The lowest BCUT2D eigenvalue weighted by molar-refractivity contribution is -0.389. The fourth-order valence-electron chi connectivity index (χ4n) is 2.18. The van der Waals surface area contributed by atoms with Gasteiger partial charge in [0.2, 0.25) is 5.95 Å². The van der Waals surface area contributed by atoms with Crippen LogP contribution in [0.5, 0.6) is 0 Å². The van der Waals surface area contributed by atoms with E-state index in [0.29, 0.717) is 6.54 Å². The van der Waals surface area contributed by atoms with E-state index >= 15 is 0 Å². The maximum Gasteiger partial charge on any atom is 0.362 e. The Morgan fingerprint density at radius 2 is 2.28 bits per heavy atom. The predicted molar refractivity (Wildman–Crippen MR) is 88.5 cm³/mol. The van der Waals surface area contributed by atoms with E-state index in [9.17, 15) is 14.9 Å². The Kier molecular flexibility index (Phi) is 4.44. The highest BCUT2D eigenvalue weighted by Crippen LogP contribution is 2.25. The molecule has 11 heteroatoms. The summed E-state index contributed by atoms with van der Waals surface area (Å²) in [5.74, 6) is -1.26. The van der Waals surface area contributed by atoms with Gasteiger partial charge in [0.05, 0.1) is 6.54 Å². The number of carbonyl (C=O) groups excluding carboxylic acids is 1. The molecule has 0 spiro atoms. The lowest BCUT2D eigenvalue weighted by Crippen LogP contribution is -2.14. The molecule has 0 atom stereocenters. The average Bonchev–Trinajstić information content (AvgIpc) is 3.14. The van der Waals surface area contributed by atoms with Gasteiger partial charge in [-0.05, 0) is 17.4 Å². The number of anilines is 1. The highest BCUT2D eigenvalue weighted by atomic mass is 35.5. The minimum atomic E-state index is -0.763. The van der Waals surface area contributed by atoms with E-state index in [1.165, 1.54) is 6.33 Å². The molecule has 2 heterocycles. The van der Waals surface area contributed by atoms with E-state index in [0.717, 1.165) is 11.1 Å². The molecule has 0 saturated heterocycles. The Morgan fingerprint density at radius 1 is 1.48 bits per heavy atom. The first kappa shape index (κ1) is 16.6. The number of aromatic amines is 1. The van der Waals surface area contributed by atoms with Crippen molar-refractivity contribution in [2.24, 2.45) is 0 Å². The normalized spacial score (nSPS) is 10.6. The minimum absolute atomic E-state index is 0.0411. The van der Waals surface area contributed by atoms with Gasteiger partial charge in [0, 0.05) is 0 Å². The van der Waals surface area contributed by atoms with Gasteiger partial charge in [0.1, 0.15) is 6.33 Å². The van der Waals surface area contributed by atoms with Crippen LogP contribution in [0.15, 0.2) is 30.6 Å². The van der Waals surface area contributed by atoms with Crippen molar-refractivity contribution in [3.8, 4) is 0 Å². The predicted octanol–water partition coefficient (Wildman–Crippen LogP) is 2.17. The summed E-state index contributed by atoms with van der Waals surface area (Å²) in [5, 5.41) is 22.5. The lowest BCUT2D eigenvalue weighted by Gasteiger charge is -2.02. The molecule has 0 aliphatic carbocycles. The number of hydrogen-bond acceptors (Lipinski definition) is 6. The van der Waals surface area contributed by atoms with Gasteiger partial charge in [-0.25, -0.2) is 9.67 Å². The first-order valence-electron chi connectivity index (χ1n) is 7.08. The van der Waals surface area contributed by atoms with E-state index < -0.39 is 16.6 Å². The van der Waals surface area contributed by atoms with Gasteiger partial charge >= 0.3 is 5.82 Å². The Balaban J connectivity index is 1.71. The number of halogens is 1. The number of H-pyrrole nitrogens is 1. The molecule has 0 bridgehead atoms. The first-order chi connectivity index (χ1) is 11.9. The number of amides is 1. The Labute approximate surface area is 146 Å². The topological polar surface area (TPSA) is 132 Å². The van der Waals surface area contributed by atoms with Gasteiger partial charge in [-0.15, -0.1) is 10.2 Å². The fourth-order valence-corrected chi connectivity index (χ4v) is 2.42. The molecular weight excluding hydrogens is 350 g/mol. The molecule has 1 amide bonds. The van der Waals surface area contributed by atoms with E-state index in [1.54, 1.807) is 4.68 Å². The molecule has 0 radical (unpaired) electrons. The molecule has 0 saturated carbocycles. The van der Waals surface area contributed by atoms with Crippen molar-refractivity contribution in [1.29, 1.82) is 0 Å². The van der Waals surface area contributed by atoms with Crippen molar-refractivity contribution in [3.05, 3.63) is 62.6 Å². The van der Waals surface area contributed by atoms with Crippen molar-refractivity contribution in [1.82, 2.24) is 25.0 Å². The van der Waals surface area contributed by atoms with Crippen LogP contribution in [-0.2, 0) is 6.54 Å². The fraction of sp³-hybridized carbons (Fsp3) is 0.143. The molecule has 2 aromatic heterocycles. The molecule has 10 nitrogen and oxygen atoms in total. The number of nitrogens with zero attached hydrogens (tertiary/aromatic N) is 5. The molecule has 2 N–H and O–H groups in total.